The van der Waals surface area contributed by atoms with Crippen molar-refractivity contribution in [3.8, 4) is 0 Å². The van der Waals surface area contributed by atoms with Crippen LogP contribution in [0, 0.1) is 13.8 Å². The van der Waals surface area contributed by atoms with Gasteiger partial charge in [0.2, 0.25) is 5.91 Å². The van der Waals surface area contributed by atoms with Crippen molar-refractivity contribution in [2.24, 2.45) is 0 Å². The highest BCUT2D eigenvalue weighted by molar-refractivity contribution is 5.77. The molecular weight excluding hydrogens is 262 g/mol. The molecule has 0 radical (unpaired) electrons. The number of aromatic amines is 1. The number of aryl methyl sites for hydroxylation is 2. The lowest BCUT2D eigenvalue weighted by molar-refractivity contribution is -0.124. The molecule has 0 aliphatic heterocycles. The minimum Gasteiger partial charge on any atom is -0.394 e. The number of amides is 1. The van der Waals surface area contributed by atoms with Crippen molar-refractivity contribution in [3.05, 3.63) is 27.4 Å². The predicted molar refractivity (Wildman–Crippen MR) is 73.4 cm³/mol. The molecule has 1 rings (SSSR count). The van der Waals surface area contributed by atoms with E-state index in [4.69, 9.17) is 10.2 Å². The Morgan fingerprint density at radius 2 is 1.95 bits per heavy atom. The molecule has 1 aromatic heterocycles. The number of rotatable bonds is 6. The first-order valence-corrected chi connectivity index (χ1v) is 6.40. The summed E-state index contributed by atoms with van der Waals surface area (Å²) in [6.07, 6.45) is 0.345. The van der Waals surface area contributed by atoms with E-state index in [0.29, 0.717) is 17.1 Å². The first-order chi connectivity index (χ1) is 9.31. The van der Waals surface area contributed by atoms with Crippen molar-refractivity contribution in [1.29, 1.82) is 0 Å². The van der Waals surface area contributed by atoms with Gasteiger partial charge >= 0.3 is 0 Å². The van der Waals surface area contributed by atoms with Gasteiger partial charge in [-0.05, 0) is 27.2 Å². The first-order valence-electron chi connectivity index (χ1n) is 6.40. The van der Waals surface area contributed by atoms with Crippen molar-refractivity contribution >= 4 is 5.91 Å². The topological polar surface area (TPSA) is 115 Å². The van der Waals surface area contributed by atoms with Crippen LogP contribution in [0.2, 0.25) is 0 Å². The Morgan fingerprint density at radius 3 is 2.45 bits per heavy atom. The van der Waals surface area contributed by atoms with Crippen LogP contribution in [0.25, 0.3) is 0 Å². The largest absolute Gasteiger partial charge is 0.394 e. The van der Waals surface area contributed by atoms with E-state index < -0.39 is 5.54 Å². The van der Waals surface area contributed by atoms with Gasteiger partial charge in [-0.15, -0.1) is 0 Å². The third kappa shape index (κ3) is 4.14. The lowest BCUT2D eigenvalue weighted by Crippen LogP contribution is -2.51. The molecule has 0 saturated carbocycles. The highest BCUT2D eigenvalue weighted by atomic mass is 16.3. The summed E-state index contributed by atoms with van der Waals surface area (Å²) in [6.45, 7) is 4.23. The van der Waals surface area contributed by atoms with Gasteiger partial charge in [0.25, 0.3) is 5.56 Å². The zero-order chi connectivity index (χ0) is 15.3. The summed E-state index contributed by atoms with van der Waals surface area (Å²) in [5, 5.41) is 20.7. The Morgan fingerprint density at radius 1 is 1.35 bits per heavy atom. The average Bonchev–Trinajstić information content (AvgIpc) is 2.37. The van der Waals surface area contributed by atoms with Crippen molar-refractivity contribution in [2.45, 2.75) is 39.2 Å². The van der Waals surface area contributed by atoms with E-state index in [1.807, 2.05) is 0 Å². The summed E-state index contributed by atoms with van der Waals surface area (Å²) in [7, 11) is 0. The Kier molecular flexibility index (Phi) is 5.41. The van der Waals surface area contributed by atoms with E-state index in [9.17, 15) is 9.59 Å². The van der Waals surface area contributed by atoms with Gasteiger partial charge in [0.15, 0.2) is 0 Å². The van der Waals surface area contributed by atoms with E-state index >= 15 is 0 Å². The van der Waals surface area contributed by atoms with Crippen LogP contribution in [0.3, 0.4) is 0 Å². The summed E-state index contributed by atoms with van der Waals surface area (Å²) in [4.78, 5) is 30.3. The standard InChI is InChI=1S/C13H21N3O4/c1-8-10(12(20)15-9(2)14-8)4-5-11(19)16-13(3,6-17)7-18/h17-18H,4-7H2,1-3H3,(H,16,19)(H,14,15,20). The van der Waals surface area contributed by atoms with Crippen LogP contribution >= 0.6 is 0 Å². The number of aromatic nitrogens is 2. The molecule has 7 nitrogen and oxygen atoms in total. The third-order valence-electron chi connectivity index (χ3n) is 3.08. The number of carbonyl (C=O) groups excluding carboxylic acids is 1. The molecule has 1 amide bonds. The van der Waals surface area contributed by atoms with Gasteiger partial charge in [-0.2, -0.15) is 0 Å². The minimum atomic E-state index is -1.05. The average molecular weight is 283 g/mol. The fourth-order valence-corrected chi connectivity index (χ4v) is 1.81. The molecule has 0 spiro atoms. The minimum absolute atomic E-state index is 0.0876. The fourth-order valence-electron chi connectivity index (χ4n) is 1.81. The molecule has 20 heavy (non-hydrogen) atoms. The normalized spacial score (nSPS) is 11.4. The summed E-state index contributed by atoms with van der Waals surface area (Å²) in [5.74, 6) is 0.198. The predicted octanol–water partition coefficient (Wildman–Crippen LogP) is -0.821. The molecular formula is C13H21N3O4. The lowest BCUT2D eigenvalue weighted by Gasteiger charge is -2.26. The van der Waals surface area contributed by atoms with Crippen LogP contribution in [0.1, 0.15) is 30.4 Å². The van der Waals surface area contributed by atoms with Crippen LogP contribution in [-0.4, -0.2) is 44.8 Å². The molecule has 0 saturated heterocycles. The van der Waals surface area contributed by atoms with Gasteiger partial charge < -0.3 is 20.5 Å². The number of carbonyl (C=O) groups is 1. The van der Waals surface area contributed by atoms with Crippen LogP contribution in [0.15, 0.2) is 4.79 Å². The maximum Gasteiger partial charge on any atom is 0.254 e. The molecule has 0 aliphatic rings. The Labute approximate surface area is 117 Å². The van der Waals surface area contributed by atoms with E-state index in [1.165, 1.54) is 6.92 Å². The van der Waals surface area contributed by atoms with Gasteiger partial charge in [0.05, 0.1) is 18.8 Å². The number of aliphatic hydroxyl groups is 2. The van der Waals surface area contributed by atoms with Gasteiger partial charge in [0.1, 0.15) is 5.82 Å². The van der Waals surface area contributed by atoms with Gasteiger partial charge in [-0.25, -0.2) is 4.98 Å². The van der Waals surface area contributed by atoms with Crippen molar-refractivity contribution in [3.63, 3.8) is 0 Å². The second-order valence-electron chi connectivity index (χ2n) is 5.14. The molecule has 112 valence electrons. The molecule has 0 unspecified atom stereocenters. The molecule has 1 heterocycles. The van der Waals surface area contributed by atoms with E-state index in [-0.39, 0.29) is 37.5 Å². The Hall–Kier alpha value is -1.73. The molecule has 7 heteroatoms. The Balaban J connectivity index is 2.69. The zero-order valence-electron chi connectivity index (χ0n) is 12.0. The Bertz CT molecular complexity index is 535. The summed E-state index contributed by atoms with van der Waals surface area (Å²) < 4.78 is 0. The van der Waals surface area contributed by atoms with Gasteiger partial charge in [0, 0.05) is 17.7 Å². The van der Waals surface area contributed by atoms with E-state index in [1.54, 1.807) is 13.8 Å². The number of hydrogen-bond donors (Lipinski definition) is 4. The quantitative estimate of drug-likeness (QED) is 0.544. The SMILES string of the molecule is Cc1nc(C)c(CCC(=O)NC(C)(CO)CO)c(=O)[nH]1. The molecule has 4 N–H and O–H groups in total. The molecule has 0 fully saturated rings. The number of nitrogens with zero attached hydrogens (tertiary/aromatic N) is 1. The van der Waals surface area contributed by atoms with Crippen LogP contribution < -0.4 is 10.9 Å². The highest BCUT2D eigenvalue weighted by Gasteiger charge is 2.24. The second-order valence-corrected chi connectivity index (χ2v) is 5.14. The maximum absolute atomic E-state index is 11.8. The molecule has 0 aromatic carbocycles. The maximum atomic E-state index is 11.8. The van der Waals surface area contributed by atoms with E-state index in [2.05, 4.69) is 15.3 Å². The van der Waals surface area contributed by atoms with Gasteiger partial charge in [-0.3, -0.25) is 9.59 Å². The summed E-state index contributed by atoms with van der Waals surface area (Å²) in [6, 6.07) is 0. The first kappa shape index (κ1) is 16.3. The number of aliphatic hydroxyl groups excluding tert-OH is 2. The highest BCUT2D eigenvalue weighted by Crippen LogP contribution is 2.05. The smallest absolute Gasteiger partial charge is 0.254 e. The van der Waals surface area contributed by atoms with Crippen LogP contribution in [0.4, 0.5) is 0 Å². The summed E-state index contributed by atoms with van der Waals surface area (Å²) >= 11 is 0. The van der Waals surface area contributed by atoms with Crippen LogP contribution in [-0.2, 0) is 11.2 Å². The third-order valence-corrected chi connectivity index (χ3v) is 3.08. The zero-order valence-corrected chi connectivity index (χ0v) is 12.0. The number of hydrogen-bond acceptors (Lipinski definition) is 5. The van der Waals surface area contributed by atoms with E-state index in [0.717, 1.165) is 0 Å². The number of nitrogens with one attached hydrogen (secondary N) is 2. The molecule has 0 aliphatic carbocycles. The fraction of sp³-hybridized carbons (Fsp3) is 0.615. The summed E-state index contributed by atoms with van der Waals surface area (Å²) in [5.41, 5.74) is -0.217. The molecule has 0 bridgehead atoms. The van der Waals surface area contributed by atoms with Crippen LogP contribution in [0.5, 0.6) is 0 Å². The van der Waals surface area contributed by atoms with Crippen molar-refractivity contribution < 1.29 is 15.0 Å². The molecule has 1 aromatic rings. The van der Waals surface area contributed by atoms with Gasteiger partial charge in [-0.1, -0.05) is 0 Å². The van der Waals surface area contributed by atoms with Crippen molar-refractivity contribution in [1.82, 2.24) is 15.3 Å². The number of H-pyrrole nitrogens is 1. The molecule has 0 atom stereocenters. The second kappa shape index (κ2) is 6.62. The van der Waals surface area contributed by atoms with Crippen molar-refractivity contribution in [2.75, 3.05) is 13.2 Å². The lowest BCUT2D eigenvalue weighted by atomic mass is 10.0. The monoisotopic (exact) mass is 283 g/mol.